The van der Waals surface area contributed by atoms with E-state index in [0.717, 1.165) is 22.3 Å². The van der Waals surface area contributed by atoms with Gasteiger partial charge >= 0.3 is 0 Å². The number of hydrogen-bond acceptors (Lipinski definition) is 9. The number of nitrogens with one attached hydrogen (secondary N) is 2. The van der Waals surface area contributed by atoms with Crippen molar-refractivity contribution in [3.63, 3.8) is 0 Å². The summed E-state index contributed by atoms with van der Waals surface area (Å²) in [5.74, 6) is 0.456. The van der Waals surface area contributed by atoms with Gasteiger partial charge in [-0.3, -0.25) is 9.71 Å². The Morgan fingerprint density at radius 2 is 1.94 bits per heavy atom. The van der Waals surface area contributed by atoms with Gasteiger partial charge in [0.2, 0.25) is 0 Å². The largest absolute Gasteiger partial charge is 0.504 e. The highest BCUT2D eigenvalue weighted by Crippen LogP contribution is 2.40. The first kappa shape index (κ1) is 26.3. The van der Waals surface area contributed by atoms with Crippen molar-refractivity contribution in [2.24, 2.45) is 4.99 Å². The Balaban J connectivity index is 1.93. The molecular formula is C21H30N4O6S3. The quantitative estimate of drug-likeness (QED) is 0.422. The molecule has 0 fully saturated rings. The van der Waals surface area contributed by atoms with Crippen LogP contribution >= 0.6 is 11.3 Å². The third-order valence-electron chi connectivity index (χ3n) is 5.36. The molecule has 0 aliphatic carbocycles. The highest BCUT2D eigenvalue weighted by molar-refractivity contribution is 7.93. The second-order valence-electron chi connectivity index (χ2n) is 8.02. The lowest BCUT2D eigenvalue weighted by Gasteiger charge is -2.17. The van der Waals surface area contributed by atoms with E-state index >= 15 is 0 Å². The average molecular weight is 531 g/mol. The molecule has 3 heterocycles. The molecule has 0 aromatic carbocycles. The van der Waals surface area contributed by atoms with Crippen molar-refractivity contribution in [1.29, 1.82) is 0 Å². The van der Waals surface area contributed by atoms with Gasteiger partial charge in [0.05, 0.1) is 23.1 Å². The molecule has 13 heteroatoms. The number of rotatable bonds is 10. The molecule has 0 saturated carbocycles. The standard InChI is InChI=1S/C21H30N4O6S3/c1-6-15(18-9-14(10-31-18)13(4)5)23-20-17(12-33(27,28)24-20)22-16-11-32-21(19(16)26)34(29,30)25(7-2)8-3/h9-13,15,22,26H,6-8H2,1-5H3,(H,23,24)/t15-/m1/s1. The minimum atomic E-state index is -3.88. The van der Waals surface area contributed by atoms with Crippen molar-refractivity contribution in [1.82, 2.24) is 9.03 Å². The van der Waals surface area contributed by atoms with E-state index in [0.29, 0.717) is 12.2 Å². The third kappa shape index (κ3) is 5.32. The first-order valence-corrected chi connectivity index (χ1v) is 14.8. The van der Waals surface area contributed by atoms with Gasteiger partial charge in [0, 0.05) is 18.5 Å². The molecule has 10 nitrogen and oxygen atoms in total. The molecule has 3 N–H and O–H groups in total. The molecule has 3 rings (SSSR count). The predicted octanol–water partition coefficient (Wildman–Crippen LogP) is 3.94. The molecule has 2 aromatic heterocycles. The molecule has 34 heavy (non-hydrogen) atoms. The monoisotopic (exact) mass is 530 g/mol. The Morgan fingerprint density at radius 3 is 2.50 bits per heavy atom. The zero-order valence-electron chi connectivity index (χ0n) is 19.7. The molecule has 0 radical (unpaired) electrons. The molecule has 0 saturated heterocycles. The highest BCUT2D eigenvalue weighted by atomic mass is 32.2. The lowest BCUT2D eigenvalue weighted by molar-refractivity contribution is 0.434. The Morgan fingerprint density at radius 1 is 1.26 bits per heavy atom. The summed E-state index contributed by atoms with van der Waals surface area (Å²) in [6, 6.07) is 1.46. The molecule has 1 atom stereocenters. The zero-order valence-corrected chi connectivity index (χ0v) is 22.1. The SMILES string of the molecule is CC[C@@H](N=C1NS(=O)(=O)C=C1Nc1csc(S(=O)(=O)N(CC)CC)c1O)c1cc(C(C)C)co1. The van der Waals surface area contributed by atoms with Crippen LogP contribution in [0.5, 0.6) is 5.75 Å². The molecule has 2 aromatic rings. The number of aliphatic imine (C=N–C) groups is 1. The smallest absolute Gasteiger partial charge is 0.258 e. The van der Waals surface area contributed by atoms with Gasteiger partial charge in [0.15, 0.2) is 15.8 Å². The number of hydrogen-bond donors (Lipinski definition) is 3. The van der Waals surface area contributed by atoms with Gasteiger partial charge in [-0.2, -0.15) is 4.31 Å². The summed E-state index contributed by atoms with van der Waals surface area (Å²) in [4.78, 5) is 4.55. The summed E-state index contributed by atoms with van der Waals surface area (Å²) in [5, 5.41) is 15.8. The van der Waals surface area contributed by atoms with Gasteiger partial charge in [-0.05, 0) is 24.0 Å². The Labute approximate surface area is 204 Å². The fourth-order valence-electron chi connectivity index (χ4n) is 3.40. The van der Waals surface area contributed by atoms with Crippen LogP contribution in [-0.2, 0) is 20.0 Å². The fraction of sp³-hybridized carbons (Fsp3) is 0.476. The van der Waals surface area contributed by atoms with Gasteiger partial charge in [0.25, 0.3) is 20.0 Å². The van der Waals surface area contributed by atoms with Crippen molar-refractivity contribution < 1.29 is 26.4 Å². The van der Waals surface area contributed by atoms with E-state index in [9.17, 15) is 21.9 Å². The molecule has 0 unspecified atom stereocenters. The van der Waals surface area contributed by atoms with E-state index in [1.165, 1.54) is 9.69 Å². The lowest BCUT2D eigenvalue weighted by Crippen LogP contribution is -2.30. The van der Waals surface area contributed by atoms with Gasteiger partial charge < -0.3 is 14.8 Å². The van der Waals surface area contributed by atoms with Crippen LogP contribution in [0.15, 0.2) is 42.4 Å². The van der Waals surface area contributed by atoms with Crippen LogP contribution in [0.25, 0.3) is 0 Å². The summed E-state index contributed by atoms with van der Waals surface area (Å²) >= 11 is 0.853. The Kier molecular flexibility index (Phi) is 7.80. The van der Waals surface area contributed by atoms with Crippen molar-refractivity contribution >= 4 is 42.9 Å². The molecule has 188 valence electrons. The maximum absolute atomic E-state index is 12.8. The zero-order chi connectivity index (χ0) is 25.3. The van der Waals surface area contributed by atoms with E-state index in [1.54, 1.807) is 20.1 Å². The van der Waals surface area contributed by atoms with Crippen LogP contribution < -0.4 is 10.0 Å². The molecule has 1 aliphatic heterocycles. The van der Waals surface area contributed by atoms with Crippen LogP contribution in [0.1, 0.15) is 64.3 Å². The van der Waals surface area contributed by atoms with Crippen molar-refractivity contribution in [2.75, 3.05) is 18.4 Å². The number of anilines is 1. The molecule has 0 spiro atoms. The minimum Gasteiger partial charge on any atom is -0.504 e. The van der Waals surface area contributed by atoms with Gasteiger partial charge in [-0.25, -0.2) is 16.8 Å². The van der Waals surface area contributed by atoms with E-state index in [1.807, 2.05) is 26.8 Å². The molecule has 0 bridgehead atoms. The van der Waals surface area contributed by atoms with E-state index in [4.69, 9.17) is 4.42 Å². The van der Waals surface area contributed by atoms with Crippen LogP contribution in [0, 0.1) is 0 Å². The number of furan rings is 1. The Hall–Kier alpha value is -2.35. The topological polar surface area (TPSA) is 141 Å². The minimum absolute atomic E-state index is 0.0492. The first-order chi connectivity index (χ1) is 15.9. The van der Waals surface area contributed by atoms with Gasteiger partial charge in [-0.1, -0.05) is 34.6 Å². The van der Waals surface area contributed by atoms with Crippen LogP contribution in [-0.4, -0.2) is 45.2 Å². The fourth-order valence-corrected chi connectivity index (χ4v) is 7.21. The summed E-state index contributed by atoms with van der Waals surface area (Å²) in [6.45, 7) is 9.92. The summed E-state index contributed by atoms with van der Waals surface area (Å²) in [7, 11) is -7.68. The van der Waals surface area contributed by atoms with E-state index in [2.05, 4.69) is 15.0 Å². The highest BCUT2D eigenvalue weighted by Gasteiger charge is 2.31. The third-order valence-corrected chi connectivity index (χ3v) is 9.92. The summed E-state index contributed by atoms with van der Waals surface area (Å²) in [6.07, 6.45) is 2.22. The number of nitrogens with zero attached hydrogens (tertiary/aromatic N) is 2. The van der Waals surface area contributed by atoms with Crippen LogP contribution in [0.3, 0.4) is 0 Å². The number of amidine groups is 1. The van der Waals surface area contributed by atoms with Gasteiger partial charge in [-0.15, -0.1) is 11.3 Å². The average Bonchev–Trinajstić information content (AvgIpc) is 3.45. The number of thiophene rings is 1. The molecule has 1 aliphatic rings. The number of aromatic hydroxyl groups is 1. The maximum atomic E-state index is 12.8. The Bertz CT molecular complexity index is 1300. The molecule has 0 amide bonds. The second kappa shape index (κ2) is 10.1. The normalized spacial score (nSPS) is 17.9. The van der Waals surface area contributed by atoms with Gasteiger partial charge in [0.1, 0.15) is 11.8 Å². The van der Waals surface area contributed by atoms with Crippen molar-refractivity contribution in [3.05, 3.63) is 40.1 Å². The first-order valence-electron chi connectivity index (χ1n) is 10.9. The van der Waals surface area contributed by atoms with E-state index < -0.39 is 31.8 Å². The van der Waals surface area contributed by atoms with Crippen molar-refractivity contribution in [2.45, 2.75) is 57.2 Å². The molecular weight excluding hydrogens is 500 g/mol. The van der Waals surface area contributed by atoms with Crippen molar-refractivity contribution in [3.8, 4) is 5.75 Å². The summed E-state index contributed by atoms with van der Waals surface area (Å²) in [5.41, 5.74) is 1.18. The van der Waals surface area contributed by atoms with Crippen LogP contribution in [0.4, 0.5) is 5.69 Å². The second-order valence-corrected chi connectivity index (χ2v) is 12.6. The lowest BCUT2D eigenvalue weighted by atomic mass is 10.1. The van der Waals surface area contributed by atoms with E-state index in [-0.39, 0.29) is 40.4 Å². The number of sulfonamides is 2. The predicted molar refractivity (Wildman–Crippen MR) is 133 cm³/mol. The van der Waals surface area contributed by atoms with Crippen LogP contribution in [0.2, 0.25) is 0 Å². The maximum Gasteiger partial charge on any atom is 0.258 e. The summed E-state index contributed by atoms with van der Waals surface area (Å²) < 4.78 is 59.2.